The average Bonchev–Trinajstić information content (AvgIpc) is 2.82. The highest BCUT2D eigenvalue weighted by molar-refractivity contribution is 7.99. The van der Waals surface area contributed by atoms with Crippen LogP contribution < -0.4 is 0 Å². The minimum absolute atomic E-state index is 0.210. The number of rotatable bonds is 3. The normalized spacial score (nSPS) is 12.8. The predicted molar refractivity (Wildman–Crippen MR) is 82.0 cm³/mol. The van der Waals surface area contributed by atoms with Gasteiger partial charge in [-0.15, -0.1) is 0 Å². The van der Waals surface area contributed by atoms with Crippen LogP contribution in [0.3, 0.4) is 0 Å². The zero-order valence-electron chi connectivity index (χ0n) is 11.1. The van der Waals surface area contributed by atoms with Gasteiger partial charge in [-0.05, 0) is 18.6 Å². The molecule has 102 valence electrons. The van der Waals surface area contributed by atoms with Gasteiger partial charge in [-0.3, -0.25) is 4.68 Å². The summed E-state index contributed by atoms with van der Waals surface area (Å²) in [6.07, 6.45) is 3.38. The van der Waals surface area contributed by atoms with Crippen molar-refractivity contribution in [1.82, 2.24) is 19.7 Å². The summed E-state index contributed by atoms with van der Waals surface area (Å²) in [4.78, 5) is 8.62. The Balaban J connectivity index is 1.95. The first-order chi connectivity index (χ1) is 9.66. The molecule has 4 nitrogen and oxygen atoms in total. The number of hydrogen-bond donors (Lipinski definition) is 0. The Hall–Kier alpha value is -1.59. The second-order valence-corrected chi connectivity index (χ2v) is 6.20. The fourth-order valence-corrected chi connectivity index (χ4v) is 3.48. The molecule has 6 heteroatoms. The van der Waals surface area contributed by atoms with Crippen molar-refractivity contribution >= 4 is 34.4 Å². The largest absolute Gasteiger partial charge is 0.250 e. The van der Waals surface area contributed by atoms with Gasteiger partial charge in [-0.25, -0.2) is 9.97 Å². The molecule has 0 saturated heterocycles. The van der Waals surface area contributed by atoms with Crippen LogP contribution in [-0.4, -0.2) is 19.7 Å². The lowest BCUT2D eigenvalue weighted by Gasteiger charge is -2.12. The molecule has 1 atom stereocenters. The van der Waals surface area contributed by atoms with Gasteiger partial charge in [0.1, 0.15) is 11.4 Å². The number of thioether (sulfide) groups is 1. The Kier molecular flexibility index (Phi) is 3.63. The van der Waals surface area contributed by atoms with Crippen molar-refractivity contribution in [3.63, 3.8) is 0 Å². The molecule has 0 bridgehead atoms. The number of benzene rings is 1. The maximum atomic E-state index is 6.25. The molecule has 0 amide bonds. The van der Waals surface area contributed by atoms with Gasteiger partial charge in [-0.1, -0.05) is 41.6 Å². The number of aromatic nitrogens is 4. The zero-order chi connectivity index (χ0) is 14.1. The molecule has 0 aliphatic carbocycles. The Morgan fingerprint density at radius 1 is 1.25 bits per heavy atom. The Labute approximate surface area is 126 Å². The summed E-state index contributed by atoms with van der Waals surface area (Å²) < 4.78 is 1.75. The van der Waals surface area contributed by atoms with Crippen LogP contribution in [0.4, 0.5) is 0 Å². The summed E-state index contributed by atoms with van der Waals surface area (Å²) in [5.74, 6) is 0. The molecule has 3 aromatic rings. The molecule has 0 fully saturated rings. The molecule has 0 radical (unpaired) electrons. The van der Waals surface area contributed by atoms with E-state index in [9.17, 15) is 0 Å². The van der Waals surface area contributed by atoms with Crippen LogP contribution in [0.15, 0.2) is 41.8 Å². The minimum atomic E-state index is 0.210. The molecule has 0 spiro atoms. The van der Waals surface area contributed by atoms with Crippen molar-refractivity contribution in [1.29, 1.82) is 0 Å². The summed E-state index contributed by atoms with van der Waals surface area (Å²) >= 11 is 7.91. The van der Waals surface area contributed by atoms with Gasteiger partial charge in [0.25, 0.3) is 0 Å². The van der Waals surface area contributed by atoms with Gasteiger partial charge < -0.3 is 0 Å². The lowest BCUT2D eigenvalue weighted by atomic mass is 10.2. The third-order valence-corrected chi connectivity index (χ3v) is 4.62. The fourth-order valence-electron chi connectivity index (χ4n) is 2.07. The topological polar surface area (TPSA) is 43.6 Å². The van der Waals surface area contributed by atoms with E-state index in [0.717, 1.165) is 26.6 Å². The summed E-state index contributed by atoms with van der Waals surface area (Å²) in [5.41, 5.74) is 1.95. The van der Waals surface area contributed by atoms with Gasteiger partial charge in [0.2, 0.25) is 0 Å². The van der Waals surface area contributed by atoms with Crippen molar-refractivity contribution in [2.24, 2.45) is 7.05 Å². The number of fused-ring (bicyclic) bond motifs is 1. The van der Waals surface area contributed by atoms with Crippen molar-refractivity contribution in [2.45, 2.75) is 17.2 Å². The third-order valence-electron chi connectivity index (χ3n) is 3.12. The Morgan fingerprint density at radius 3 is 2.85 bits per heavy atom. The van der Waals surface area contributed by atoms with Crippen LogP contribution in [-0.2, 0) is 7.05 Å². The van der Waals surface area contributed by atoms with Gasteiger partial charge >= 0.3 is 0 Å². The molecule has 0 unspecified atom stereocenters. The molecule has 2 aromatic heterocycles. The van der Waals surface area contributed by atoms with E-state index >= 15 is 0 Å². The summed E-state index contributed by atoms with van der Waals surface area (Å²) in [6.45, 7) is 2.12. The lowest BCUT2D eigenvalue weighted by Crippen LogP contribution is -1.94. The Morgan fingerprint density at radius 2 is 2.05 bits per heavy atom. The number of hydrogen-bond acceptors (Lipinski definition) is 4. The van der Waals surface area contributed by atoms with Gasteiger partial charge in [0.15, 0.2) is 5.65 Å². The van der Waals surface area contributed by atoms with Crippen molar-refractivity contribution < 1.29 is 0 Å². The molecule has 2 heterocycles. The summed E-state index contributed by atoms with van der Waals surface area (Å²) in [5, 5.41) is 7.12. The van der Waals surface area contributed by atoms with E-state index in [4.69, 9.17) is 11.6 Å². The molecule has 1 aromatic carbocycles. The number of halogens is 1. The second kappa shape index (κ2) is 5.42. The maximum absolute atomic E-state index is 6.25. The molecule has 0 saturated carbocycles. The third kappa shape index (κ3) is 2.39. The van der Waals surface area contributed by atoms with Crippen LogP contribution in [0.1, 0.15) is 17.7 Å². The van der Waals surface area contributed by atoms with Crippen LogP contribution >= 0.6 is 23.4 Å². The minimum Gasteiger partial charge on any atom is -0.250 e. The molecule has 0 N–H and O–H groups in total. The maximum Gasteiger partial charge on any atom is 0.162 e. The molecule has 20 heavy (non-hydrogen) atoms. The van der Waals surface area contributed by atoms with Gasteiger partial charge in [-0.2, -0.15) is 5.10 Å². The van der Waals surface area contributed by atoms with Crippen molar-refractivity contribution in [3.8, 4) is 0 Å². The molecule has 3 rings (SSSR count). The summed E-state index contributed by atoms with van der Waals surface area (Å²) in [7, 11) is 1.88. The second-order valence-electron chi connectivity index (χ2n) is 4.47. The van der Waals surface area contributed by atoms with Crippen LogP contribution in [0, 0.1) is 0 Å². The highest BCUT2D eigenvalue weighted by Gasteiger charge is 2.15. The first kappa shape index (κ1) is 13.4. The zero-order valence-corrected chi connectivity index (χ0v) is 12.7. The van der Waals surface area contributed by atoms with Gasteiger partial charge in [0.05, 0.1) is 11.6 Å². The molecular weight excluding hydrogens is 292 g/mol. The van der Waals surface area contributed by atoms with E-state index in [-0.39, 0.29) is 5.25 Å². The SMILES string of the molecule is C[C@H](Sc1ncnc2c1cnn2C)c1ccccc1Cl. The van der Waals surface area contributed by atoms with E-state index in [2.05, 4.69) is 22.0 Å². The lowest BCUT2D eigenvalue weighted by molar-refractivity contribution is 0.784. The molecule has 0 aliphatic heterocycles. The molecule has 0 aliphatic rings. The quantitative estimate of drug-likeness (QED) is 0.544. The standard InChI is InChI=1S/C14H13ClN4S/c1-9(10-5-3-4-6-12(10)15)20-14-11-7-18-19(2)13(11)16-8-17-14/h3-9H,1-2H3/t9-/m0/s1. The van der Waals surface area contributed by atoms with E-state index in [1.165, 1.54) is 0 Å². The van der Waals surface area contributed by atoms with Gasteiger partial charge in [0, 0.05) is 17.3 Å². The summed E-state index contributed by atoms with van der Waals surface area (Å²) in [6, 6.07) is 7.89. The first-order valence-corrected chi connectivity index (χ1v) is 7.46. The predicted octanol–water partition coefficient (Wildman–Crippen LogP) is 3.87. The van der Waals surface area contributed by atoms with E-state index in [1.54, 1.807) is 29.0 Å². The smallest absolute Gasteiger partial charge is 0.162 e. The van der Waals surface area contributed by atoms with Crippen molar-refractivity contribution in [3.05, 3.63) is 47.4 Å². The fraction of sp³-hybridized carbons (Fsp3) is 0.214. The Bertz CT molecular complexity index is 756. The average molecular weight is 305 g/mol. The highest BCUT2D eigenvalue weighted by Crippen LogP contribution is 2.38. The monoisotopic (exact) mass is 304 g/mol. The van der Waals surface area contributed by atoms with Crippen LogP contribution in [0.25, 0.3) is 11.0 Å². The highest BCUT2D eigenvalue weighted by atomic mass is 35.5. The van der Waals surface area contributed by atoms with Crippen LogP contribution in [0.5, 0.6) is 0 Å². The van der Waals surface area contributed by atoms with E-state index < -0.39 is 0 Å². The number of aryl methyl sites for hydroxylation is 1. The van der Waals surface area contributed by atoms with Crippen molar-refractivity contribution in [2.75, 3.05) is 0 Å². The molecular formula is C14H13ClN4S. The van der Waals surface area contributed by atoms with Crippen LogP contribution in [0.2, 0.25) is 5.02 Å². The van der Waals surface area contributed by atoms with E-state index in [0.29, 0.717) is 0 Å². The van der Waals surface area contributed by atoms with E-state index in [1.807, 2.05) is 31.3 Å². The number of nitrogens with zero attached hydrogens (tertiary/aromatic N) is 4. The first-order valence-electron chi connectivity index (χ1n) is 6.20.